The number of halogens is 1. The summed E-state index contributed by atoms with van der Waals surface area (Å²) in [6, 6.07) is 14.8. The first-order chi connectivity index (χ1) is 11.8. The molecule has 3 aromatic rings. The van der Waals surface area contributed by atoms with Gasteiger partial charge in [0.25, 0.3) is 0 Å². The van der Waals surface area contributed by atoms with E-state index in [0.717, 1.165) is 17.0 Å². The van der Waals surface area contributed by atoms with Gasteiger partial charge >= 0.3 is 0 Å². The smallest absolute Gasteiger partial charge is 0.174 e. The van der Waals surface area contributed by atoms with Gasteiger partial charge in [0.05, 0.1) is 0 Å². The molecule has 0 atom stereocenters. The quantitative estimate of drug-likeness (QED) is 0.705. The van der Waals surface area contributed by atoms with E-state index in [1.165, 1.54) is 0 Å². The van der Waals surface area contributed by atoms with E-state index in [2.05, 4.69) is 5.16 Å². The molecule has 2 aromatic carbocycles. The van der Waals surface area contributed by atoms with Gasteiger partial charge in [-0.3, -0.25) is 0 Å². The lowest BCUT2D eigenvalue weighted by Crippen LogP contribution is -2.15. The molecule has 0 unspecified atom stereocenters. The van der Waals surface area contributed by atoms with Crippen molar-refractivity contribution in [3.05, 3.63) is 59.3 Å². The van der Waals surface area contributed by atoms with Crippen LogP contribution in [-0.2, 0) is 6.61 Å². The lowest BCUT2D eigenvalue weighted by molar-refractivity contribution is 0.169. The van der Waals surface area contributed by atoms with Crippen LogP contribution in [0, 0.1) is 0 Å². The van der Waals surface area contributed by atoms with Gasteiger partial charge in [0, 0.05) is 22.7 Å². The molecule has 122 valence electrons. The topological polar surface area (TPSA) is 53.7 Å². The van der Waals surface area contributed by atoms with E-state index in [-0.39, 0.29) is 6.61 Å². The molecule has 0 radical (unpaired) electrons. The van der Waals surface area contributed by atoms with E-state index >= 15 is 0 Å². The van der Waals surface area contributed by atoms with E-state index < -0.39 is 0 Å². The van der Waals surface area contributed by atoms with Crippen molar-refractivity contribution < 1.29 is 18.7 Å². The molecule has 0 fully saturated rings. The number of benzene rings is 2. The van der Waals surface area contributed by atoms with Crippen LogP contribution in [0.3, 0.4) is 0 Å². The first kappa shape index (κ1) is 14.9. The Morgan fingerprint density at radius 1 is 0.958 bits per heavy atom. The fraction of sp³-hybridized carbons (Fsp3) is 0.167. The van der Waals surface area contributed by atoms with Gasteiger partial charge in [-0.1, -0.05) is 28.9 Å². The third kappa shape index (κ3) is 3.16. The molecule has 1 aromatic heterocycles. The first-order valence-electron chi connectivity index (χ1n) is 7.52. The molecule has 0 spiro atoms. The number of rotatable bonds is 4. The van der Waals surface area contributed by atoms with Gasteiger partial charge in [0.2, 0.25) is 0 Å². The van der Waals surface area contributed by atoms with Crippen LogP contribution in [0.2, 0.25) is 5.02 Å². The van der Waals surface area contributed by atoms with Gasteiger partial charge in [0.1, 0.15) is 31.3 Å². The number of fused-ring (bicyclic) bond motifs is 1. The zero-order valence-electron chi connectivity index (χ0n) is 12.7. The average Bonchev–Trinajstić information content (AvgIpc) is 3.09. The molecule has 0 amide bonds. The van der Waals surface area contributed by atoms with Crippen LogP contribution in [0.15, 0.2) is 53.1 Å². The normalized spacial score (nSPS) is 12.9. The predicted octanol–water partition coefficient (Wildman–Crippen LogP) is 4.35. The zero-order valence-corrected chi connectivity index (χ0v) is 13.5. The Balaban J connectivity index is 1.44. The number of hydrogen-bond acceptors (Lipinski definition) is 5. The highest BCUT2D eigenvalue weighted by Crippen LogP contribution is 2.33. The average molecular weight is 344 g/mol. The number of aromatic nitrogens is 1. The summed E-state index contributed by atoms with van der Waals surface area (Å²) in [5, 5.41) is 4.74. The molecule has 2 heterocycles. The monoisotopic (exact) mass is 343 g/mol. The minimum atomic E-state index is 0.278. The van der Waals surface area contributed by atoms with Crippen molar-refractivity contribution in [2.45, 2.75) is 6.61 Å². The Morgan fingerprint density at radius 2 is 1.75 bits per heavy atom. The lowest BCUT2D eigenvalue weighted by atomic mass is 10.1. The van der Waals surface area contributed by atoms with Gasteiger partial charge in [-0.2, -0.15) is 0 Å². The summed E-state index contributed by atoms with van der Waals surface area (Å²) in [6.07, 6.45) is 0. The summed E-state index contributed by atoms with van der Waals surface area (Å²) in [5.41, 5.74) is 1.68. The lowest BCUT2D eigenvalue weighted by Gasteiger charge is -2.18. The van der Waals surface area contributed by atoms with Gasteiger partial charge in [-0.05, 0) is 24.3 Å². The van der Waals surface area contributed by atoms with E-state index in [1.807, 2.05) is 48.5 Å². The third-order valence-electron chi connectivity index (χ3n) is 3.59. The fourth-order valence-electron chi connectivity index (χ4n) is 2.41. The molecule has 1 aliphatic rings. The molecular formula is C18H14ClNO4. The molecule has 0 N–H and O–H groups in total. The number of hydrogen-bond donors (Lipinski definition) is 0. The van der Waals surface area contributed by atoms with Crippen LogP contribution in [0.1, 0.15) is 5.76 Å². The largest absolute Gasteiger partial charge is 0.486 e. The maximum Gasteiger partial charge on any atom is 0.174 e. The third-order valence-corrected chi connectivity index (χ3v) is 3.85. The van der Waals surface area contributed by atoms with Crippen molar-refractivity contribution in [2.24, 2.45) is 0 Å². The summed E-state index contributed by atoms with van der Waals surface area (Å²) in [5.74, 6) is 2.75. The zero-order chi connectivity index (χ0) is 16.4. The van der Waals surface area contributed by atoms with E-state index in [9.17, 15) is 0 Å². The Morgan fingerprint density at radius 3 is 2.58 bits per heavy atom. The molecule has 0 bridgehead atoms. The van der Waals surface area contributed by atoms with Gasteiger partial charge in [-0.25, -0.2) is 0 Å². The minimum Gasteiger partial charge on any atom is -0.486 e. The second-order valence-electron chi connectivity index (χ2n) is 5.28. The van der Waals surface area contributed by atoms with Crippen LogP contribution >= 0.6 is 11.6 Å². The van der Waals surface area contributed by atoms with Crippen molar-refractivity contribution in [3.8, 4) is 28.5 Å². The Hall–Kier alpha value is -2.66. The first-order valence-corrected chi connectivity index (χ1v) is 7.90. The minimum absolute atomic E-state index is 0.278. The second kappa shape index (κ2) is 6.45. The van der Waals surface area contributed by atoms with Crippen molar-refractivity contribution in [1.82, 2.24) is 5.16 Å². The number of nitrogens with zero attached hydrogens (tertiary/aromatic N) is 1. The van der Waals surface area contributed by atoms with E-state index in [1.54, 1.807) is 0 Å². The fourth-order valence-corrected chi connectivity index (χ4v) is 2.53. The van der Waals surface area contributed by atoms with E-state index in [0.29, 0.717) is 35.5 Å². The molecule has 24 heavy (non-hydrogen) atoms. The van der Waals surface area contributed by atoms with Crippen LogP contribution in [-0.4, -0.2) is 18.4 Å². The van der Waals surface area contributed by atoms with E-state index in [4.69, 9.17) is 30.3 Å². The highest BCUT2D eigenvalue weighted by Gasteiger charge is 2.13. The molecule has 0 saturated heterocycles. The molecule has 0 aliphatic carbocycles. The summed E-state index contributed by atoms with van der Waals surface area (Å²) in [4.78, 5) is 0. The Kier molecular flexibility index (Phi) is 4.01. The summed E-state index contributed by atoms with van der Waals surface area (Å²) < 4.78 is 22.1. The van der Waals surface area contributed by atoms with Gasteiger partial charge < -0.3 is 18.7 Å². The highest BCUT2D eigenvalue weighted by molar-refractivity contribution is 6.30. The summed E-state index contributed by atoms with van der Waals surface area (Å²) in [7, 11) is 0. The maximum atomic E-state index is 5.89. The van der Waals surface area contributed by atoms with Crippen LogP contribution < -0.4 is 14.2 Å². The van der Waals surface area contributed by atoms with Crippen LogP contribution in [0.4, 0.5) is 0 Å². The highest BCUT2D eigenvalue weighted by atomic mass is 35.5. The molecule has 6 heteroatoms. The molecule has 5 nitrogen and oxygen atoms in total. The van der Waals surface area contributed by atoms with Crippen LogP contribution in [0.5, 0.6) is 17.2 Å². The van der Waals surface area contributed by atoms with Gasteiger partial charge in [0.15, 0.2) is 17.3 Å². The molecule has 4 rings (SSSR count). The summed E-state index contributed by atoms with van der Waals surface area (Å²) >= 11 is 5.89. The van der Waals surface area contributed by atoms with Gasteiger partial charge in [-0.15, -0.1) is 0 Å². The molecule has 1 aliphatic heterocycles. The Labute approximate surface area is 143 Å². The SMILES string of the molecule is Clc1ccc(-c2cc(COc3ccc4c(c3)OCCO4)on2)cc1. The summed E-state index contributed by atoms with van der Waals surface area (Å²) in [6.45, 7) is 1.39. The standard InChI is InChI=1S/C18H14ClNO4/c19-13-3-1-12(2-4-13)16-9-15(24-20-16)11-23-14-5-6-17-18(10-14)22-8-7-21-17/h1-6,9-10H,7-8,11H2. The number of ether oxygens (including phenoxy) is 3. The molecule has 0 saturated carbocycles. The second-order valence-corrected chi connectivity index (χ2v) is 5.72. The Bertz CT molecular complexity index is 844. The van der Waals surface area contributed by atoms with Crippen LogP contribution in [0.25, 0.3) is 11.3 Å². The predicted molar refractivity (Wildman–Crippen MR) is 88.7 cm³/mol. The van der Waals surface area contributed by atoms with Crippen molar-refractivity contribution >= 4 is 11.6 Å². The van der Waals surface area contributed by atoms with Crippen molar-refractivity contribution in [3.63, 3.8) is 0 Å². The maximum absolute atomic E-state index is 5.89. The molecular weight excluding hydrogens is 330 g/mol. The van der Waals surface area contributed by atoms with Crippen molar-refractivity contribution in [2.75, 3.05) is 13.2 Å². The van der Waals surface area contributed by atoms with Crippen molar-refractivity contribution in [1.29, 1.82) is 0 Å².